The normalized spacial score (nSPS) is 11.2. The molecule has 0 aliphatic rings. The number of rotatable bonds is 4. The van der Waals surface area contributed by atoms with Crippen molar-refractivity contribution in [3.8, 4) is 0 Å². The van der Waals surface area contributed by atoms with Gasteiger partial charge in [-0.15, -0.1) is 10.2 Å². The number of para-hydroxylation sites is 1. The molecule has 3 rings (SSSR count). The highest BCUT2D eigenvalue weighted by molar-refractivity contribution is 9.10. The maximum atomic E-state index is 12.6. The molecule has 0 radical (unpaired) electrons. The lowest BCUT2D eigenvalue weighted by atomic mass is 10.1. The summed E-state index contributed by atoms with van der Waals surface area (Å²) in [5.74, 6) is -0.632. The minimum Gasteiger partial charge on any atom is -0.368 e. The van der Waals surface area contributed by atoms with Crippen molar-refractivity contribution >= 4 is 43.5 Å². The molecular weight excluding hydrogens is 410 g/mol. The van der Waals surface area contributed by atoms with Crippen LogP contribution in [0.15, 0.2) is 64.2 Å². The second kappa shape index (κ2) is 6.65. The van der Waals surface area contributed by atoms with E-state index in [0.29, 0.717) is 0 Å². The van der Waals surface area contributed by atoms with Crippen molar-refractivity contribution in [2.24, 2.45) is 0 Å². The zero-order chi connectivity index (χ0) is 18.0. The van der Waals surface area contributed by atoms with E-state index in [9.17, 15) is 13.2 Å². The predicted molar refractivity (Wildman–Crippen MR) is 95.6 cm³/mol. The van der Waals surface area contributed by atoms with E-state index < -0.39 is 15.9 Å². The summed E-state index contributed by atoms with van der Waals surface area (Å²) in [5, 5.41) is 7.10. The van der Waals surface area contributed by atoms with Gasteiger partial charge in [-0.05, 0) is 36.4 Å². The van der Waals surface area contributed by atoms with Gasteiger partial charge in [-0.3, -0.25) is 9.52 Å². The third-order valence-electron chi connectivity index (χ3n) is 3.32. The number of carbonyl (C=O) groups excluding carboxylic acids is 1. The van der Waals surface area contributed by atoms with Gasteiger partial charge in [-0.25, -0.2) is 13.0 Å². The molecule has 0 fully saturated rings. The fourth-order valence-corrected chi connectivity index (χ4v) is 3.45. The van der Waals surface area contributed by atoms with Crippen molar-refractivity contribution in [2.75, 3.05) is 10.5 Å². The van der Waals surface area contributed by atoms with Crippen LogP contribution in [0.4, 0.5) is 11.6 Å². The first-order valence-electron chi connectivity index (χ1n) is 6.96. The quantitative estimate of drug-likeness (QED) is 0.665. The van der Waals surface area contributed by atoms with Gasteiger partial charge >= 0.3 is 0 Å². The monoisotopic (exact) mass is 421 g/mol. The Balaban J connectivity index is 1.98. The Kier molecular flexibility index (Phi) is 4.55. The Morgan fingerprint density at radius 3 is 2.44 bits per heavy atom. The van der Waals surface area contributed by atoms with E-state index in [-0.39, 0.29) is 22.1 Å². The molecule has 0 unspecified atom stereocenters. The van der Waals surface area contributed by atoms with E-state index in [4.69, 9.17) is 5.73 Å². The molecular formula is C15H12BrN5O3S. The Morgan fingerprint density at radius 2 is 1.80 bits per heavy atom. The maximum absolute atomic E-state index is 12.6. The van der Waals surface area contributed by atoms with Crippen LogP contribution < -0.4 is 10.5 Å². The molecule has 0 aliphatic carbocycles. The molecule has 3 N–H and O–H groups in total. The Bertz CT molecular complexity index is 1030. The van der Waals surface area contributed by atoms with Gasteiger partial charge in [0, 0.05) is 4.47 Å². The van der Waals surface area contributed by atoms with Gasteiger partial charge in [-0.1, -0.05) is 28.1 Å². The summed E-state index contributed by atoms with van der Waals surface area (Å²) in [4.78, 5) is 12.6. The SMILES string of the molecule is Nc1nncn1C(=O)c1ccccc1NS(=O)(=O)c1ccc(Br)cc1. The number of nitrogen functional groups attached to an aromatic ring is 1. The van der Waals surface area contributed by atoms with E-state index in [0.717, 1.165) is 15.4 Å². The summed E-state index contributed by atoms with van der Waals surface area (Å²) < 4.78 is 29.3. The molecule has 128 valence electrons. The minimum absolute atomic E-state index is 0.0711. The zero-order valence-electron chi connectivity index (χ0n) is 12.6. The van der Waals surface area contributed by atoms with Crippen molar-refractivity contribution < 1.29 is 13.2 Å². The third kappa shape index (κ3) is 3.54. The Labute approximate surface area is 151 Å². The van der Waals surface area contributed by atoms with Gasteiger partial charge in [0.25, 0.3) is 15.9 Å². The second-order valence-electron chi connectivity index (χ2n) is 4.97. The molecule has 0 spiro atoms. The molecule has 10 heteroatoms. The largest absolute Gasteiger partial charge is 0.368 e. The number of nitrogens with zero attached hydrogens (tertiary/aromatic N) is 3. The number of hydrogen-bond acceptors (Lipinski definition) is 6. The lowest BCUT2D eigenvalue weighted by Gasteiger charge is -2.12. The molecule has 0 saturated carbocycles. The number of anilines is 2. The fraction of sp³-hybridized carbons (Fsp3) is 0. The number of nitrogens with two attached hydrogens (primary N) is 1. The van der Waals surface area contributed by atoms with Gasteiger partial charge in [0.05, 0.1) is 16.1 Å². The highest BCUT2D eigenvalue weighted by Gasteiger charge is 2.20. The molecule has 2 aromatic carbocycles. The van der Waals surface area contributed by atoms with Gasteiger partial charge in [-0.2, -0.15) is 0 Å². The van der Waals surface area contributed by atoms with Gasteiger partial charge in [0.15, 0.2) is 0 Å². The first kappa shape index (κ1) is 17.1. The third-order valence-corrected chi connectivity index (χ3v) is 5.23. The number of hydrogen-bond donors (Lipinski definition) is 2. The summed E-state index contributed by atoms with van der Waals surface area (Å²) in [5.41, 5.74) is 5.84. The zero-order valence-corrected chi connectivity index (χ0v) is 15.0. The van der Waals surface area contributed by atoms with E-state index in [1.807, 2.05) is 0 Å². The van der Waals surface area contributed by atoms with E-state index in [1.54, 1.807) is 24.3 Å². The maximum Gasteiger partial charge on any atom is 0.268 e. The molecule has 25 heavy (non-hydrogen) atoms. The second-order valence-corrected chi connectivity index (χ2v) is 7.57. The van der Waals surface area contributed by atoms with Gasteiger partial charge in [0.1, 0.15) is 6.33 Å². The number of carbonyl (C=O) groups is 1. The molecule has 0 atom stereocenters. The molecule has 1 heterocycles. The number of halogens is 1. The predicted octanol–water partition coefficient (Wildman–Crippen LogP) is 2.11. The molecule has 0 aliphatic heterocycles. The van der Waals surface area contributed by atoms with Crippen molar-refractivity contribution in [3.63, 3.8) is 0 Å². The molecule has 0 saturated heterocycles. The van der Waals surface area contributed by atoms with Crippen LogP contribution in [0.1, 0.15) is 10.4 Å². The molecule has 8 nitrogen and oxygen atoms in total. The average Bonchev–Trinajstić information content (AvgIpc) is 3.01. The fourth-order valence-electron chi connectivity index (χ4n) is 2.11. The number of aromatic nitrogens is 3. The van der Waals surface area contributed by atoms with E-state index in [1.165, 1.54) is 24.3 Å². The van der Waals surface area contributed by atoms with Crippen LogP contribution in [0, 0.1) is 0 Å². The lowest BCUT2D eigenvalue weighted by molar-refractivity contribution is 0.0963. The van der Waals surface area contributed by atoms with Crippen molar-refractivity contribution in [2.45, 2.75) is 4.90 Å². The smallest absolute Gasteiger partial charge is 0.268 e. The van der Waals surface area contributed by atoms with Gasteiger partial charge in [0.2, 0.25) is 5.95 Å². The summed E-state index contributed by atoms with van der Waals surface area (Å²) in [6.45, 7) is 0. The number of sulfonamides is 1. The molecule has 0 amide bonds. The Hall–Kier alpha value is -2.72. The summed E-state index contributed by atoms with van der Waals surface area (Å²) >= 11 is 3.25. The van der Waals surface area contributed by atoms with Crippen molar-refractivity contribution in [1.82, 2.24) is 14.8 Å². The van der Waals surface area contributed by atoms with Crippen LogP contribution in [0.2, 0.25) is 0 Å². The van der Waals surface area contributed by atoms with Crippen LogP contribution in [0.3, 0.4) is 0 Å². The van der Waals surface area contributed by atoms with Crippen LogP contribution in [0.25, 0.3) is 0 Å². The highest BCUT2D eigenvalue weighted by atomic mass is 79.9. The first-order chi connectivity index (χ1) is 11.9. The summed E-state index contributed by atoms with van der Waals surface area (Å²) in [6, 6.07) is 12.3. The number of nitrogens with one attached hydrogen (secondary N) is 1. The molecule has 0 bridgehead atoms. The highest BCUT2D eigenvalue weighted by Crippen LogP contribution is 2.22. The topological polar surface area (TPSA) is 120 Å². The van der Waals surface area contributed by atoms with Crippen molar-refractivity contribution in [3.05, 3.63) is 64.9 Å². The van der Waals surface area contributed by atoms with Crippen LogP contribution in [-0.2, 0) is 10.0 Å². The van der Waals surface area contributed by atoms with E-state index in [2.05, 4.69) is 30.8 Å². The minimum atomic E-state index is -3.86. The van der Waals surface area contributed by atoms with Crippen LogP contribution in [0.5, 0.6) is 0 Å². The molecule has 1 aromatic heterocycles. The van der Waals surface area contributed by atoms with Gasteiger partial charge < -0.3 is 5.73 Å². The van der Waals surface area contributed by atoms with E-state index >= 15 is 0 Å². The van der Waals surface area contributed by atoms with Crippen LogP contribution >= 0.6 is 15.9 Å². The average molecular weight is 422 g/mol. The first-order valence-corrected chi connectivity index (χ1v) is 9.24. The lowest BCUT2D eigenvalue weighted by Crippen LogP contribution is -2.19. The standard InChI is InChI=1S/C15H12BrN5O3S/c16-10-5-7-11(8-6-10)25(23,24)20-13-4-2-1-3-12(13)14(22)21-9-18-19-15(21)17/h1-9,20H,(H2,17,19). The van der Waals surface area contributed by atoms with Crippen LogP contribution in [-0.4, -0.2) is 29.1 Å². The summed E-state index contributed by atoms with van der Waals surface area (Å²) in [6.07, 6.45) is 1.16. The molecule has 3 aromatic rings. The summed E-state index contributed by atoms with van der Waals surface area (Å²) in [7, 11) is -3.86. The number of benzene rings is 2. The Morgan fingerprint density at radius 1 is 1.12 bits per heavy atom. The van der Waals surface area contributed by atoms with Crippen molar-refractivity contribution in [1.29, 1.82) is 0 Å².